The third kappa shape index (κ3) is 6.63. The molecule has 11 heavy (non-hydrogen) atoms. The van der Waals surface area contributed by atoms with Crippen molar-refractivity contribution in [3.05, 3.63) is 0 Å². The van der Waals surface area contributed by atoms with Crippen LogP contribution in [0.3, 0.4) is 0 Å². The topological polar surface area (TPSA) is 90.7 Å². The van der Waals surface area contributed by atoms with E-state index in [2.05, 4.69) is 9.73 Å². The lowest BCUT2D eigenvalue weighted by Gasteiger charge is -1.97. The van der Waals surface area contributed by atoms with Crippen molar-refractivity contribution >= 4 is 11.9 Å². The molecule has 64 valence electrons. The van der Waals surface area contributed by atoms with Crippen LogP contribution in [0.2, 0.25) is 0 Å². The maximum atomic E-state index is 10.0. The third-order valence-electron chi connectivity index (χ3n) is 1.01. The summed E-state index contributed by atoms with van der Waals surface area (Å²) in [4.78, 5) is 13.9. The Bertz CT molecular complexity index is 156. The van der Waals surface area contributed by atoms with Gasteiger partial charge in [0.05, 0.1) is 12.4 Å². The average molecular weight is 159 g/mol. The Hall–Kier alpha value is -1.26. The minimum atomic E-state index is -0.782. The zero-order valence-corrected chi connectivity index (χ0v) is 6.54. The van der Waals surface area contributed by atoms with Gasteiger partial charge in [0.2, 0.25) is 0 Å². The number of primary amides is 1. The van der Waals surface area contributed by atoms with Crippen LogP contribution >= 0.6 is 0 Å². The summed E-state index contributed by atoms with van der Waals surface area (Å²) in [6, 6.07) is 0. The van der Waals surface area contributed by atoms with Gasteiger partial charge in [0.1, 0.15) is 6.61 Å². The van der Waals surface area contributed by atoms with E-state index in [4.69, 9.17) is 11.5 Å². The molecule has 0 aliphatic heterocycles. The summed E-state index contributed by atoms with van der Waals surface area (Å²) in [5.74, 6) is 0.554. The second-order valence-corrected chi connectivity index (χ2v) is 1.89. The van der Waals surface area contributed by atoms with Gasteiger partial charge in [-0.1, -0.05) is 6.92 Å². The Morgan fingerprint density at radius 3 is 2.64 bits per heavy atom. The van der Waals surface area contributed by atoms with E-state index in [9.17, 15) is 4.79 Å². The predicted octanol–water partition coefficient (Wildman–Crippen LogP) is -0.151. The van der Waals surface area contributed by atoms with E-state index in [-0.39, 0.29) is 6.61 Å². The normalized spacial score (nSPS) is 11.2. The first-order chi connectivity index (χ1) is 5.16. The van der Waals surface area contributed by atoms with Crippen LogP contribution in [-0.4, -0.2) is 25.1 Å². The van der Waals surface area contributed by atoms with Gasteiger partial charge in [0.25, 0.3) is 0 Å². The average Bonchev–Trinajstić information content (AvgIpc) is 1.97. The summed E-state index contributed by atoms with van der Waals surface area (Å²) in [7, 11) is 0. The fourth-order valence-corrected chi connectivity index (χ4v) is 0.447. The van der Waals surface area contributed by atoms with Crippen molar-refractivity contribution in [3.8, 4) is 0 Å². The summed E-state index contributed by atoms with van der Waals surface area (Å²) >= 11 is 0. The summed E-state index contributed by atoms with van der Waals surface area (Å²) in [6.07, 6.45) is -0.0772. The zero-order valence-electron chi connectivity index (χ0n) is 6.54. The number of amides is 1. The van der Waals surface area contributed by atoms with Crippen molar-refractivity contribution in [1.29, 1.82) is 0 Å². The summed E-state index contributed by atoms with van der Waals surface area (Å²) in [6.45, 7) is 2.46. The summed E-state index contributed by atoms with van der Waals surface area (Å²) in [5, 5.41) is 0. The molecule has 4 N–H and O–H groups in total. The fraction of sp³-hybridized carbons (Fsp3) is 0.667. The predicted molar refractivity (Wildman–Crippen MR) is 42.3 cm³/mol. The second kappa shape index (κ2) is 5.52. The van der Waals surface area contributed by atoms with Crippen molar-refractivity contribution in [1.82, 2.24) is 0 Å². The standard InChI is InChI=1S/C6H13N3O2/c1-2-5(7)9-3-4-11-6(8)10/h2-4H2,1H3,(H2,7,9)(H2,8,10). The molecule has 0 aliphatic carbocycles. The lowest BCUT2D eigenvalue weighted by Crippen LogP contribution is -2.16. The number of hydrogen-bond acceptors (Lipinski definition) is 3. The molecule has 0 aromatic heterocycles. The Morgan fingerprint density at radius 1 is 1.55 bits per heavy atom. The van der Waals surface area contributed by atoms with Gasteiger partial charge < -0.3 is 16.2 Å². The first kappa shape index (κ1) is 9.74. The number of nitrogens with two attached hydrogens (primary N) is 2. The Morgan fingerprint density at radius 2 is 2.18 bits per heavy atom. The molecule has 0 atom stereocenters. The number of rotatable bonds is 4. The maximum absolute atomic E-state index is 10.0. The number of carbonyl (C=O) groups is 1. The third-order valence-corrected chi connectivity index (χ3v) is 1.01. The zero-order chi connectivity index (χ0) is 8.69. The highest BCUT2D eigenvalue weighted by Gasteiger charge is 1.91. The SMILES string of the molecule is CCC(N)=NCCOC(N)=O. The smallest absolute Gasteiger partial charge is 0.404 e. The van der Waals surface area contributed by atoms with E-state index in [0.717, 1.165) is 0 Å². The number of ether oxygens (including phenoxy) is 1. The first-order valence-electron chi connectivity index (χ1n) is 3.37. The van der Waals surface area contributed by atoms with Gasteiger partial charge in [-0.25, -0.2) is 4.79 Å². The molecule has 0 unspecified atom stereocenters. The van der Waals surface area contributed by atoms with E-state index >= 15 is 0 Å². The van der Waals surface area contributed by atoms with E-state index < -0.39 is 6.09 Å². The highest BCUT2D eigenvalue weighted by molar-refractivity contribution is 5.79. The molecule has 5 nitrogen and oxygen atoms in total. The molecule has 0 aliphatic rings. The quantitative estimate of drug-likeness (QED) is 0.339. The van der Waals surface area contributed by atoms with Crippen LogP contribution in [0.5, 0.6) is 0 Å². The van der Waals surface area contributed by atoms with Gasteiger partial charge in [-0.15, -0.1) is 0 Å². The summed E-state index contributed by atoms with van der Waals surface area (Å²) in [5.41, 5.74) is 10.1. The Balaban J connectivity index is 3.33. The van der Waals surface area contributed by atoms with Crippen LogP contribution in [0.1, 0.15) is 13.3 Å². The van der Waals surface area contributed by atoms with Crippen molar-refractivity contribution in [2.45, 2.75) is 13.3 Å². The second-order valence-electron chi connectivity index (χ2n) is 1.89. The molecule has 0 rings (SSSR count). The van der Waals surface area contributed by atoms with Crippen LogP contribution in [0.4, 0.5) is 4.79 Å². The van der Waals surface area contributed by atoms with Gasteiger partial charge >= 0.3 is 6.09 Å². The number of nitrogens with zero attached hydrogens (tertiary/aromatic N) is 1. The number of carbonyl (C=O) groups excluding carboxylic acids is 1. The van der Waals surface area contributed by atoms with Crippen molar-refractivity contribution in [2.75, 3.05) is 13.2 Å². The Kier molecular flexibility index (Phi) is 4.89. The van der Waals surface area contributed by atoms with Crippen LogP contribution in [0, 0.1) is 0 Å². The molecule has 0 saturated carbocycles. The molecule has 1 amide bonds. The molecule has 0 heterocycles. The fourth-order valence-electron chi connectivity index (χ4n) is 0.447. The van der Waals surface area contributed by atoms with Crippen LogP contribution in [0.15, 0.2) is 4.99 Å². The van der Waals surface area contributed by atoms with E-state index in [1.165, 1.54) is 0 Å². The lowest BCUT2D eigenvalue weighted by molar-refractivity contribution is 0.160. The molecule has 0 aromatic rings. The molecule has 0 radical (unpaired) electrons. The van der Waals surface area contributed by atoms with E-state index in [1.54, 1.807) is 0 Å². The van der Waals surface area contributed by atoms with Crippen molar-refractivity contribution in [3.63, 3.8) is 0 Å². The molecular weight excluding hydrogens is 146 g/mol. The van der Waals surface area contributed by atoms with Gasteiger partial charge in [0, 0.05) is 6.42 Å². The highest BCUT2D eigenvalue weighted by atomic mass is 16.5. The molecule has 0 aromatic carbocycles. The van der Waals surface area contributed by atoms with Gasteiger partial charge in [0.15, 0.2) is 0 Å². The molecular formula is C6H13N3O2. The van der Waals surface area contributed by atoms with Crippen LogP contribution in [-0.2, 0) is 4.74 Å². The number of hydrogen-bond donors (Lipinski definition) is 2. The maximum Gasteiger partial charge on any atom is 0.404 e. The molecule has 0 bridgehead atoms. The van der Waals surface area contributed by atoms with Crippen molar-refractivity contribution < 1.29 is 9.53 Å². The monoisotopic (exact) mass is 159 g/mol. The van der Waals surface area contributed by atoms with Crippen LogP contribution < -0.4 is 11.5 Å². The van der Waals surface area contributed by atoms with Gasteiger partial charge in [-0.3, -0.25) is 4.99 Å². The van der Waals surface area contributed by atoms with Gasteiger partial charge in [-0.05, 0) is 0 Å². The van der Waals surface area contributed by atoms with E-state index in [1.807, 2.05) is 6.92 Å². The minimum Gasteiger partial charge on any atom is -0.448 e. The molecule has 0 fully saturated rings. The largest absolute Gasteiger partial charge is 0.448 e. The van der Waals surface area contributed by atoms with Gasteiger partial charge in [-0.2, -0.15) is 0 Å². The molecule has 0 saturated heterocycles. The molecule has 5 heteroatoms. The lowest BCUT2D eigenvalue weighted by atomic mass is 10.4. The summed E-state index contributed by atoms with van der Waals surface area (Å²) < 4.78 is 4.41. The first-order valence-corrected chi connectivity index (χ1v) is 3.37. The Labute approximate surface area is 65.4 Å². The number of amidine groups is 1. The molecule has 0 spiro atoms. The number of aliphatic imine (C=N–C) groups is 1. The van der Waals surface area contributed by atoms with Crippen LogP contribution in [0.25, 0.3) is 0 Å². The van der Waals surface area contributed by atoms with E-state index in [0.29, 0.717) is 18.8 Å². The highest BCUT2D eigenvalue weighted by Crippen LogP contribution is 1.79. The van der Waals surface area contributed by atoms with Crippen molar-refractivity contribution in [2.24, 2.45) is 16.5 Å². The minimum absolute atomic E-state index is 0.191.